The van der Waals surface area contributed by atoms with Gasteiger partial charge in [-0.2, -0.15) is 0 Å². The predicted octanol–water partition coefficient (Wildman–Crippen LogP) is 1.91. The van der Waals surface area contributed by atoms with Crippen LogP contribution in [0.4, 0.5) is 0 Å². The maximum absolute atomic E-state index is 12.0. The van der Waals surface area contributed by atoms with E-state index in [2.05, 4.69) is 0 Å². The van der Waals surface area contributed by atoms with Crippen molar-refractivity contribution in [3.63, 3.8) is 0 Å². The summed E-state index contributed by atoms with van der Waals surface area (Å²) in [6.45, 7) is 7.35. The van der Waals surface area contributed by atoms with Crippen LogP contribution in [-0.2, 0) is 19.1 Å². The quantitative estimate of drug-likeness (QED) is 0.749. The normalized spacial score (nSPS) is 50.8. The van der Waals surface area contributed by atoms with E-state index in [0.29, 0.717) is 6.42 Å². The molecule has 5 heteroatoms. The summed E-state index contributed by atoms with van der Waals surface area (Å²) in [5, 5.41) is 10.4. The van der Waals surface area contributed by atoms with Crippen molar-refractivity contribution in [1.82, 2.24) is 0 Å². The summed E-state index contributed by atoms with van der Waals surface area (Å²) in [5.74, 6) is -0.231. The molecule has 3 rings (SSSR count). The van der Waals surface area contributed by atoms with Gasteiger partial charge in [-0.1, -0.05) is 13.8 Å². The van der Waals surface area contributed by atoms with Crippen molar-refractivity contribution in [2.45, 2.75) is 64.8 Å². The van der Waals surface area contributed by atoms with Crippen molar-refractivity contribution in [3.05, 3.63) is 0 Å². The second kappa shape index (κ2) is 5.22. The number of aliphatic hydroxyl groups excluding tert-OH is 1. The Bertz CT molecular complexity index is 489. The average Bonchev–Trinajstić information content (AvgIpc) is 2.82. The van der Waals surface area contributed by atoms with Crippen LogP contribution in [0.5, 0.6) is 0 Å². The van der Waals surface area contributed by atoms with Gasteiger partial charge in [0, 0.05) is 24.7 Å². The first-order chi connectivity index (χ1) is 10.2. The van der Waals surface area contributed by atoms with Gasteiger partial charge in [0.15, 0.2) is 0 Å². The van der Waals surface area contributed by atoms with Crippen LogP contribution in [0.1, 0.15) is 47.0 Å². The molecule has 0 unspecified atom stereocenters. The van der Waals surface area contributed by atoms with Crippen LogP contribution in [-0.4, -0.2) is 34.9 Å². The molecule has 0 amide bonds. The standard InChI is InChI=1S/C17H26O5/c1-8-11-5-6-17(4,22-10(3)18)12-7-13(19)9(2)14(12)15(11)21-16(8)20/h8-9,11-15,19H,5-7H2,1-4H3/t8-,9+,11-,12+,13-,14-,15-,17+/m0/s1. The minimum atomic E-state index is -0.585. The molecule has 2 aliphatic carbocycles. The number of rotatable bonds is 1. The highest BCUT2D eigenvalue weighted by Crippen LogP contribution is 2.55. The summed E-state index contributed by atoms with van der Waals surface area (Å²) in [7, 11) is 0. The Kier molecular flexibility index (Phi) is 3.75. The van der Waals surface area contributed by atoms with Crippen molar-refractivity contribution in [3.8, 4) is 0 Å². The number of carbonyl (C=O) groups is 2. The lowest BCUT2D eigenvalue weighted by atomic mass is 9.75. The van der Waals surface area contributed by atoms with E-state index in [1.54, 1.807) is 0 Å². The minimum absolute atomic E-state index is 0.0366. The Morgan fingerprint density at radius 2 is 2.09 bits per heavy atom. The van der Waals surface area contributed by atoms with Gasteiger partial charge in [-0.15, -0.1) is 0 Å². The highest BCUT2D eigenvalue weighted by atomic mass is 16.6. The summed E-state index contributed by atoms with van der Waals surface area (Å²) >= 11 is 0. The highest BCUT2D eigenvalue weighted by molar-refractivity contribution is 5.75. The van der Waals surface area contributed by atoms with Crippen molar-refractivity contribution in [2.24, 2.45) is 29.6 Å². The zero-order chi connectivity index (χ0) is 16.2. The zero-order valence-corrected chi connectivity index (χ0v) is 13.7. The third-order valence-corrected chi connectivity index (χ3v) is 6.38. The first-order valence-corrected chi connectivity index (χ1v) is 8.32. The van der Waals surface area contributed by atoms with Crippen LogP contribution >= 0.6 is 0 Å². The van der Waals surface area contributed by atoms with E-state index in [4.69, 9.17) is 9.47 Å². The van der Waals surface area contributed by atoms with Crippen LogP contribution in [0.15, 0.2) is 0 Å². The Labute approximate surface area is 131 Å². The minimum Gasteiger partial charge on any atom is -0.462 e. The summed E-state index contributed by atoms with van der Waals surface area (Å²) in [6, 6.07) is 0. The van der Waals surface area contributed by atoms with Crippen molar-refractivity contribution >= 4 is 11.9 Å². The monoisotopic (exact) mass is 310 g/mol. The number of ether oxygens (including phenoxy) is 2. The number of fused-ring (bicyclic) bond motifs is 3. The molecule has 0 bridgehead atoms. The molecule has 22 heavy (non-hydrogen) atoms. The fourth-order valence-corrected chi connectivity index (χ4v) is 5.10. The number of hydrogen-bond donors (Lipinski definition) is 1. The summed E-state index contributed by atoms with van der Waals surface area (Å²) in [6.07, 6.45) is 1.55. The largest absolute Gasteiger partial charge is 0.462 e. The number of hydrogen-bond acceptors (Lipinski definition) is 5. The topological polar surface area (TPSA) is 72.8 Å². The van der Waals surface area contributed by atoms with Gasteiger partial charge in [-0.3, -0.25) is 9.59 Å². The van der Waals surface area contributed by atoms with Gasteiger partial charge in [-0.05, 0) is 32.1 Å². The van der Waals surface area contributed by atoms with Crippen molar-refractivity contribution in [2.75, 3.05) is 0 Å². The van der Waals surface area contributed by atoms with Gasteiger partial charge in [0.2, 0.25) is 0 Å². The molecule has 3 fully saturated rings. The van der Waals surface area contributed by atoms with Crippen LogP contribution in [0.2, 0.25) is 0 Å². The molecule has 1 heterocycles. The molecular weight excluding hydrogens is 284 g/mol. The van der Waals surface area contributed by atoms with Gasteiger partial charge >= 0.3 is 11.9 Å². The number of carbonyl (C=O) groups excluding carboxylic acids is 2. The Hall–Kier alpha value is -1.10. The van der Waals surface area contributed by atoms with E-state index >= 15 is 0 Å². The van der Waals surface area contributed by atoms with Crippen LogP contribution < -0.4 is 0 Å². The van der Waals surface area contributed by atoms with E-state index in [1.807, 2.05) is 20.8 Å². The van der Waals surface area contributed by atoms with Crippen LogP contribution in [0.3, 0.4) is 0 Å². The van der Waals surface area contributed by atoms with Crippen LogP contribution in [0, 0.1) is 29.6 Å². The fraction of sp³-hybridized carbons (Fsp3) is 0.882. The second-order valence-corrected chi connectivity index (χ2v) is 7.65. The van der Waals surface area contributed by atoms with E-state index in [1.165, 1.54) is 6.92 Å². The fourth-order valence-electron chi connectivity index (χ4n) is 5.10. The molecule has 0 aromatic carbocycles. The Morgan fingerprint density at radius 3 is 2.73 bits per heavy atom. The molecule has 1 aliphatic heterocycles. The van der Waals surface area contributed by atoms with Gasteiger partial charge in [0.05, 0.1) is 12.0 Å². The van der Waals surface area contributed by atoms with Crippen molar-refractivity contribution < 1.29 is 24.2 Å². The lowest BCUT2D eigenvalue weighted by Crippen LogP contribution is -2.43. The predicted molar refractivity (Wildman–Crippen MR) is 78.7 cm³/mol. The van der Waals surface area contributed by atoms with Gasteiger partial charge in [0.1, 0.15) is 11.7 Å². The first kappa shape index (κ1) is 15.8. The summed E-state index contributed by atoms with van der Waals surface area (Å²) in [4.78, 5) is 23.6. The molecule has 8 atom stereocenters. The molecule has 0 aromatic rings. The van der Waals surface area contributed by atoms with E-state index in [9.17, 15) is 14.7 Å². The Morgan fingerprint density at radius 1 is 1.41 bits per heavy atom. The molecule has 0 radical (unpaired) electrons. The first-order valence-electron chi connectivity index (χ1n) is 8.32. The molecule has 0 spiro atoms. The summed E-state index contributed by atoms with van der Waals surface area (Å²) < 4.78 is 11.4. The lowest BCUT2D eigenvalue weighted by Gasteiger charge is -2.38. The smallest absolute Gasteiger partial charge is 0.309 e. The maximum Gasteiger partial charge on any atom is 0.309 e. The van der Waals surface area contributed by atoms with Crippen molar-refractivity contribution in [1.29, 1.82) is 0 Å². The molecule has 3 aliphatic rings. The molecule has 2 saturated carbocycles. The van der Waals surface area contributed by atoms with Gasteiger partial charge in [0.25, 0.3) is 0 Å². The van der Waals surface area contributed by atoms with Gasteiger partial charge < -0.3 is 14.6 Å². The SMILES string of the molecule is CC(=O)O[C@]1(C)CC[C@@H]2[C@H](OC(=O)[C@H]2C)[C@H]2[C@H](C)[C@@H](O)C[C@H]21. The molecule has 1 N–H and O–H groups in total. The molecule has 5 nitrogen and oxygen atoms in total. The van der Waals surface area contributed by atoms with E-state index in [-0.39, 0.29) is 47.6 Å². The van der Waals surface area contributed by atoms with Gasteiger partial charge in [-0.25, -0.2) is 0 Å². The van der Waals surface area contributed by atoms with E-state index < -0.39 is 11.7 Å². The summed E-state index contributed by atoms with van der Waals surface area (Å²) in [5.41, 5.74) is -0.585. The van der Waals surface area contributed by atoms with E-state index in [0.717, 1.165) is 12.8 Å². The maximum atomic E-state index is 12.0. The van der Waals surface area contributed by atoms with Crippen LogP contribution in [0.25, 0.3) is 0 Å². The third-order valence-electron chi connectivity index (χ3n) is 6.38. The zero-order valence-electron chi connectivity index (χ0n) is 13.7. The number of esters is 2. The number of aliphatic hydroxyl groups is 1. The Balaban J connectivity index is 1.98. The molecule has 124 valence electrons. The molecular formula is C17H26O5. The molecule has 1 saturated heterocycles. The highest BCUT2D eigenvalue weighted by Gasteiger charge is 2.60. The molecule has 0 aromatic heterocycles. The third kappa shape index (κ3) is 2.25. The average molecular weight is 310 g/mol. The second-order valence-electron chi connectivity index (χ2n) is 7.65. The lowest BCUT2D eigenvalue weighted by molar-refractivity contribution is -0.167.